The van der Waals surface area contributed by atoms with E-state index in [2.05, 4.69) is 19.0 Å². The predicted molar refractivity (Wildman–Crippen MR) is 81.8 cm³/mol. The minimum atomic E-state index is -0.836. The Morgan fingerprint density at radius 2 is 2.00 bits per heavy atom. The minimum absolute atomic E-state index is 0.0243. The first kappa shape index (κ1) is 18.6. The summed E-state index contributed by atoms with van der Waals surface area (Å²) in [6, 6.07) is 0.415. The van der Waals surface area contributed by atoms with Crippen molar-refractivity contribution in [1.29, 1.82) is 0 Å². The van der Waals surface area contributed by atoms with Crippen molar-refractivity contribution < 1.29 is 19.4 Å². The fourth-order valence-corrected chi connectivity index (χ4v) is 2.94. The summed E-state index contributed by atoms with van der Waals surface area (Å²) in [4.78, 5) is 12.8. The van der Waals surface area contributed by atoms with Gasteiger partial charge in [0.2, 0.25) is 0 Å². The molecule has 0 saturated carbocycles. The van der Waals surface area contributed by atoms with Crippen LogP contribution in [0.25, 0.3) is 0 Å². The lowest BCUT2D eigenvalue weighted by Gasteiger charge is -2.37. The molecular weight excluding hydrogens is 270 g/mol. The van der Waals surface area contributed by atoms with Crippen LogP contribution in [0.3, 0.4) is 0 Å². The molecule has 0 spiro atoms. The number of rotatable bonds is 8. The van der Waals surface area contributed by atoms with Crippen molar-refractivity contribution in [3.05, 3.63) is 0 Å². The smallest absolute Gasteiger partial charge is 0.162 e. The molecule has 0 aromatic carbocycles. The van der Waals surface area contributed by atoms with E-state index in [0.29, 0.717) is 12.5 Å². The van der Waals surface area contributed by atoms with Crippen molar-refractivity contribution in [3.8, 4) is 0 Å². The highest BCUT2D eigenvalue weighted by molar-refractivity contribution is 5.52. The van der Waals surface area contributed by atoms with E-state index in [0.717, 1.165) is 25.5 Å². The number of carbonyl (C=O) groups is 1. The molecule has 1 aliphatic rings. The van der Waals surface area contributed by atoms with Gasteiger partial charge in [0, 0.05) is 24.8 Å². The molecular formula is C16H31NO4. The van der Waals surface area contributed by atoms with Crippen molar-refractivity contribution in [2.45, 2.75) is 71.2 Å². The van der Waals surface area contributed by atoms with Gasteiger partial charge >= 0.3 is 0 Å². The van der Waals surface area contributed by atoms with E-state index in [1.807, 2.05) is 20.8 Å². The molecule has 21 heavy (non-hydrogen) atoms. The fraction of sp³-hybridized carbons (Fsp3) is 0.938. The van der Waals surface area contributed by atoms with Crippen molar-refractivity contribution in [3.63, 3.8) is 0 Å². The molecule has 0 radical (unpaired) electrons. The van der Waals surface area contributed by atoms with Crippen LogP contribution in [0.2, 0.25) is 0 Å². The van der Waals surface area contributed by atoms with Crippen LogP contribution in [0, 0.1) is 11.8 Å². The number of aldehydes is 1. The van der Waals surface area contributed by atoms with E-state index in [1.165, 1.54) is 0 Å². The van der Waals surface area contributed by atoms with Gasteiger partial charge in [-0.25, -0.2) is 0 Å². The number of hydrogen-bond donors (Lipinski definition) is 1. The molecule has 0 aromatic heterocycles. The van der Waals surface area contributed by atoms with Crippen LogP contribution in [-0.4, -0.2) is 55.1 Å². The molecule has 0 aliphatic carbocycles. The van der Waals surface area contributed by atoms with Crippen molar-refractivity contribution >= 4 is 6.29 Å². The number of ether oxygens (including phenoxy) is 2. The number of aliphatic hydroxyl groups excluding tert-OH is 1. The lowest BCUT2D eigenvalue weighted by atomic mass is 9.95. The lowest BCUT2D eigenvalue weighted by molar-refractivity contribution is -0.265. The normalized spacial score (nSPS) is 30.9. The molecule has 1 heterocycles. The number of carbonyl (C=O) groups excluding carboxylic acids is 1. The van der Waals surface area contributed by atoms with Gasteiger partial charge in [0.1, 0.15) is 6.29 Å². The van der Waals surface area contributed by atoms with Gasteiger partial charge in [-0.15, -0.1) is 0 Å². The molecule has 124 valence electrons. The summed E-state index contributed by atoms with van der Waals surface area (Å²) < 4.78 is 11.4. The monoisotopic (exact) mass is 301 g/mol. The average Bonchev–Trinajstić information content (AvgIpc) is 2.37. The van der Waals surface area contributed by atoms with Gasteiger partial charge in [-0.05, 0) is 39.8 Å². The summed E-state index contributed by atoms with van der Waals surface area (Å²) in [6.07, 6.45) is 2.95. The van der Waals surface area contributed by atoms with Gasteiger partial charge in [0.25, 0.3) is 0 Å². The highest BCUT2D eigenvalue weighted by Gasteiger charge is 2.30. The maximum Gasteiger partial charge on any atom is 0.162 e. The molecule has 5 heteroatoms. The van der Waals surface area contributed by atoms with Crippen LogP contribution < -0.4 is 0 Å². The first-order valence-corrected chi connectivity index (χ1v) is 7.92. The minimum Gasteiger partial charge on any atom is -0.368 e. The quantitative estimate of drug-likeness (QED) is 0.549. The van der Waals surface area contributed by atoms with Crippen molar-refractivity contribution in [2.75, 3.05) is 14.1 Å². The Bertz CT molecular complexity index is 311. The maximum atomic E-state index is 10.7. The van der Waals surface area contributed by atoms with Gasteiger partial charge < -0.3 is 24.3 Å². The largest absolute Gasteiger partial charge is 0.368 e. The third-order valence-corrected chi connectivity index (χ3v) is 4.10. The Balaban J connectivity index is 2.39. The number of hydrogen-bond acceptors (Lipinski definition) is 5. The first-order chi connectivity index (χ1) is 9.81. The molecule has 1 aliphatic heterocycles. The van der Waals surface area contributed by atoms with Crippen LogP contribution in [0.4, 0.5) is 0 Å². The Kier molecular flexibility index (Phi) is 7.81. The SMILES string of the molecule is CC(C=O)C[C@H](C)C[C@H](O)OC1CC(N(C)C)CC(C)O1. The molecule has 6 atom stereocenters. The summed E-state index contributed by atoms with van der Waals surface area (Å²) in [7, 11) is 4.11. The zero-order valence-electron chi connectivity index (χ0n) is 14.0. The molecule has 5 nitrogen and oxygen atoms in total. The van der Waals surface area contributed by atoms with E-state index < -0.39 is 6.29 Å². The van der Waals surface area contributed by atoms with E-state index in [4.69, 9.17) is 9.47 Å². The zero-order valence-corrected chi connectivity index (χ0v) is 14.0. The second kappa shape index (κ2) is 8.83. The Morgan fingerprint density at radius 1 is 1.33 bits per heavy atom. The highest BCUT2D eigenvalue weighted by Crippen LogP contribution is 2.25. The van der Waals surface area contributed by atoms with Crippen molar-refractivity contribution in [2.24, 2.45) is 11.8 Å². The van der Waals surface area contributed by atoms with Crippen LogP contribution in [0.1, 0.15) is 46.5 Å². The molecule has 1 N–H and O–H groups in total. The van der Waals surface area contributed by atoms with E-state index in [1.54, 1.807) is 0 Å². The Morgan fingerprint density at radius 3 is 2.57 bits per heavy atom. The second-order valence-electron chi connectivity index (χ2n) is 6.75. The molecule has 0 aromatic rings. The van der Waals surface area contributed by atoms with Crippen molar-refractivity contribution in [1.82, 2.24) is 4.90 Å². The van der Waals surface area contributed by atoms with Crippen LogP contribution >= 0.6 is 0 Å². The topological polar surface area (TPSA) is 59.0 Å². The fourth-order valence-electron chi connectivity index (χ4n) is 2.94. The van der Waals surface area contributed by atoms with Gasteiger partial charge in [-0.2, -0.15) is 0 Å². The average molecular weight is 301 g/mol. The van der Waals surface area contributed by atoms with Crippen LogP contribution in [-0.2, 0) is 14.3 Å². The summed E-state index contributed by atoms with van der Waals surface area (Å²) in [5.74, 6) is 0.266. The molecule has 0 bridgehead atoms. The predicted octanol–water partition coefficient (Wildman–Crippen LogP) is 2.03. The molecule has 0 amide bonds. The summed E-state index contributed by atoms with van der Waals surface area (Å²) in [5, 5.41) is 10.1. The number of nitrogens with zero attached hydrogens (tertiary/aromatic N) is 1. The van der Waals surface area contributed by atoms with Gasteiger partial charge in [0.05, 0.1) is 6.10 Å². The Hall–Kier alpha value is -0.490. The lowest BCUT2D eigenvalue weighted by Crippen LogP contribution is -2.43. The molecule has 1 saturated heterocycles. The second-order valence-corrected chi connectivity index (χ2v) is 6.75. The van der Waals surface area contributed by atoms with Crippen LogP contribution in [0.5, 0.6) is 0 Å². The third-order valence-electron chi connectivity index (χ3n) is 4.10. The molecule has 4 unspecified atom stereocenters. The summed E-state index contributed by atoms with van der Waals surface area (Å²) in [6.45, 7) is 5.96. The van der Waals surface area contributed by atoms with E-state index >= 15 is 0 Å². The molecule has 1 fully saturated rings. The van der Waals surface area contributed by atoms with Gasteiger partial charge in [-0.3, -0.25) is 0 Å². The Labute approximate surface area is 128 Å². The first-order valence-electron chi connectivity index (χ1n) is 7.92. The van der Waals surface area contributed by atoms with Crippen LogP contribution in [0.15, 0.2) is 0 Å². The summed E-state index contributed by atoms with van der Waals surface area (Å²) >= 11 is 0. The summed E-state index contributed by atoms with van der Waals surface area (Å²) in [5.41, 5.74) is 0. The zero-order chi connectivity index (χ0) is 16.0. The third kappa shape index (κ3) is 6.87. The van der Waals surface area contributed by atoms with Gasteiger partial charge in [0.15, 0.2) is 12.6 Å². The molecule has 1 rings (SSSR count). The maximum absolute atomic E-state index is 10.7. The highest BCUT2D eigenvalue weighted by atomic mass is 16.7. The van der Waals surface area contributed by atoms with Gasteiger partial charge in [-0.1, -0.05) is 13.8 Å². The van der Waals surface area contributed by atoms with E-state index in [-0.39, 0.29) is 24.2 Å². The van der Waals surface area contributed by atoms with E-state index in [9.17, 15) is 9.90 Å². The standard InChI is InChI=1S/C16H31NO4/c1-11(6-12(2)10-18)7-15(19)21-16-9-14(17(4)5)8-13(3)20-16/h10-16,19H,6-9H2,1-5H3/t11-,12?,13?,14?,15+,16?/m0/s1. The number of aliphatic hydroxyl groups is 1.